The molecular weight excluding hydrogens is 350 g/mol. The number of anilines is 1. The lowest BCUT2D eigenvalue weighted by atomic mass is 10.2. The average Bonchev–Trinajstić information content (AvgIpc) is 2.70. The Morgan fingerprint density at radius 2 is 1.71 bits per heavy atom. The van der Waals surface area contributed by atoms with Gasteiger partial charge in [0.05, 0.1) is 0 Å². The van der Waals surface area contributed by atoms with E-state index in [-0.39, 0.29) is 5.91 Å². The Bertz CT molecular complexity index is 798. The molecule has 0 saturated carbocycles. The standard InChI is InChI=1S/C22H29N5O/c1-18(28)25-21-10-6-9-20(15-21)16-24-22(23-2)27-13-11-26(12-14-27)17-19-7-4-3-5-8-19/h3-10,15H,11-14,16-17H2,1-2H3,(H,23,24)(H,25,28). The van der Waals surface area contributed by atoms with Crippen LogP contribution < -0.4 is 10.6 Å². The monoisotopic (exact) mass is 379 g/mol. The van der Waals surface area contributed by atoms with Crippen molar-refractivity contribution >= 4 is 17.6 Å². The Labute approximate surface area is 167 Å². The maximum atomic E-state index is 11.2. The number of guanidine groups is 1. The molecule has 1 aliphatic rings. The molecule has 1 fully saturated rings. The Balaban J connectivity index is 1.49. The molecule has 6 nitrogen and oxygen atoms in total. The molecule has 6 heteroatoms. The summed E-state index contributed by atoms with van der Waals surface area (Å²) in [4.78, 5) is 20.5. The highest BCUT2D eigenvalue weighted by atomic mass is 16.1. The number of carbonyl (C=O) groups excluding carboxylic acids is 1. The minimum atomic E-state index is -0.0608. The van der Waals surface area contributed by atoms with Crippen LogP contribution in [0.4, 0.5) is 5.69 Å². The SMILES string of the molecule is CN=C(NCc1cccc(NC(C)=O)c1)N1CCN(Cc2ccccc2)CC1. The molecule has 0 unspecified atom stereocenters. The van der Waals surface area contributed by atoms with E-state index in [9.17, 15) is 4.79 Å². The minimum absolute atomic E-state index is 0.0608. The van der Waals surface area contributed by atoms with Crippen molar-refractivity contribution in [3.63, 3.8) is 0 Å². The third-order valence-electron chi connectivity index (χ3n) is 4.83. The Kier molecular flexibility index (Phi) is 7.03. The van der Waals surface area contributed by atoms with Crippen LogP contribution >= 0.6 is 0 Å². The van der Waals surface area contributed by atoms with E-state index in [0.717, 1.165) is 49.9 Å². The van der Waals surface area contributed by atoms with Gasteiger partial charge in [0.15, 0.2) is 5.96 Å². The Morgan fingerprint density at radius 1 is 1.00 bits per heavy atom. The number of rotatable bonds is 5. The van der Waals surface area contributed by atoms with Crippen LogP contribution in [0.25, 0.3) is 0 Å². The minimum Gasteiger partial charge on any atom is -0.352 e. The molecule has 0 aliphatic carbocycles. The smallest absolute Gasteiger partial charge is 0.221 e. The van der Waals surface area contributed by atoms with Crippen molar-refractivity contribution in [2.45, 2.75) is 20.0 Å². The molecule has 1 amide bonds. The van der Waals surface area contributed by atoms with Gasteiger partial charge in [0.1, 0.15) is 0 Å². The molecule has 2 aromatic rings. The van der Waals surface area contributed by atoms with E-state index >= 15 is 0 Å². The molecule has 3 rings (SSSR count). The topological polar surface area (TPSA) is 60.0 Å². The fraction of sp³-hybridized carbons (Fsp3) is 0.364. The average molecular weight is 380 g/mol. The summed E-state index contributed by atoms with van der Waals surface area (Å²) in [5, 5.41) is 6.27. The van der Waals surface area contributed by atoms with Gasteiger partial charge in [-0.15, -0.1) is 0 Å². The number of hydrogen-bond donors (Lipinski definition) is 2. The summed E-state index contributed by atoms with van der Waals surface area (Å²) in [5.74, 6) is 0.860. The van der Waals surface area contributed by atoms with Gasteiger partial charge in [-0.2, -0.15) is 0 Å². The number of nitrogens with zero attached hydrogens (tertiary/aromatic N) is 3. The number of piperazine rings is 1. The summed E-state index contributed by atoms with van der Waals surface area (Å²) >= 11 is 0. The first-order valence-electron chi connectivity index (χ1n) is 9.72. The second-order valence-electron chi connectivity index (χ2n) is 7.03. The van der Waals surface area contributed by atoms with Crippen molar-refractivity contribution in [1.82, 2.24) is 15.1 Å². The molecule has 0 atom stereocenters. The highest BCUT2D eigenvalue weighted by Crippen LogP contribution is 2.11. The molecule has 2 N–H and O–H groups in total. The van der Waals surface area contributed by atoms with Crippen LogP contribution in [0.5, 0.6) is 0 Å². The van der Waals surface area contributed by atoms with Crippen molar-refractivity contribution in [1.29, 1.82) is 0 Å². The lowest BCUT2D eigenvalue weighted by molar-refractivity contribution is -0.114. The summed E-state index contributed by atoms with van der Waals surface area (Å²) in [6.07, 6.45) is 0. The lowest BCUT2D eigenvalue weighted by Crippen LogP contribution is -2.52. The molecule has 1 saturated heterocycles. The molecule has 0 aromatic heterocycles. The van der Waals surface area contributed by atoms with E-state index < -0.39 is 0 Å². The van der Waals surface area contributed by atoms with Crippen LogP contribution in [0, 0.1) is 0 Å². The zero-order valence-corrected chi connectivity index (χ0v) is 16.7. The van der Waals surface area contributed by atoms with Crippen molar-refractivity contribution in [2.75, 3.05) is 38.5 Å². The van der Waals surface area contributed by atoms with Gasteiger partial charge in [0, 0.05) is 58.9 Å². The summed E-state index contributed by atoms with van der Waals surface area (Å²) in [6.45, 7) is 7.14. The number of amides is 1. The van der Waals surface area contributed by atoms with Crippen molar-refractivity contribution < 1.29 is 4.79 Å². The first-order chi connectivity index (χ1) is 13.6. The predicted octanol–water partition coefficient (Wildman–Crippen LogP) is 2.54. The van der Waals surface area contributed by atoms with Gasteiger partial charge in [-0.05, 0) is 23.3 Å². The van der Waals surface area contributed by atoms with Crippen LogP contribution in [-0.2, 0) is 17.9 Å². The molecule has 0 bridgehead atoms. The van der Waals surface area contributed by atoms with Crippen molar-refractivity contribution in [3.8, 4) is 0 Å². The van der Waals surface area contributed by atoms with Crippen LogP contribution in [0.1, 0.15) is 18.1 Å². The maximum Gasteiger partial charge on any atom is 0.221 e. The Morgan fingerprint density at radius 3 is 2.39 bits per heavy atom. The number of nitrogens with one attached hydrogen (secondary N) is 2. The van der Waals surface area contributed by atoms with Crippen LogP contribution in [0.3, 0.4) is 0 Å². The summed E-state index contributed by atoms with van der Waals surface area (Å²) in [7, 11) is 1.83. The summed E-state index contributed by atoms with van der Waals surface area (Å²) in [6, 6.07) is 18.5. The van der Waals surface area contributed by atoms with E-state index in [4.69, 9.17) is 0 Å². The quantitative estimate of drug-likeness (QED) is 0.619. The summed E-state index contributed by atoms with van der Waals surface area (Å²) < 4.78 is 0. The molecule has 148 valence electrons. The number of aliphatic imine (C=N–C) groups is 1. The normalized spacial score (nSPS) is 15.4. The van der Waals surface area contributed by atoms with Crippen LogP contribution in [0.15, 0.2) is 59.6 Å². The van der Waals surface area contributed by atoms with Crippen LogP contribution in [-0.4, -0.2) is 54.9 Å². The van der Waals surface area contributed by atoms with E-state index in [1.54, 1.807) is 0 Å². The van der Waals surface area contributed by atoms with E-state index in [2.05, 4.69) is 55.8 Å². The number of carbonyl (C=O) groups is 1. The van der Waals surface area contributed by atoms with Gasteiger partial charge in [0.2, 0.25) is 5.91 Å². The highest BCUT2D eigenvalue weighted by molar-refractivity contribution is 5.88. The summed E-state index contributed by atoms with van der Waals surface area (Å²) in [5.41, 5.74) is 3.28. The zero-order chi connectivity index (χ0) is 19.8. The Hall–Kier alpha value is -2.86. The number of hydrogen-bond acceptors (Lipinski definition) is 3. The van der Waals surface area contributed by atoms with Crippen molar-refractivity contribution in [2.24, 2.45) is 4.99 Å². The van der Waals surface area contributed by atoms with Gasteiger partial charge < -0.3 is 15.5 Å². The van der Waals surface area contributed by atoms with E-state index in [1.807, 2.05) is 31.3 Å². The molecule has 2 aromatic carbocycles. The fourth-order valence-corrected chi connectivity index (χ4v) is 3.44. The second-order valence-corrected chi connectivity index (χ2v) is 7.03. The molecule has 1 aliphatic heterocycles. The third-order valence-corrected chi connectivity index (χ3v) is 4.83. The number of benzene rings is 2. The zero-order valence-electron chi connectivity index (χ0n) is 16.7. The van der Waals surface area contributed by atoms with Gasteiger partial charge in [-0.25, -0.2) is 0 Å². The van der Waals surface area contributed by atoms with Gasteiger partial charge >= 0.3 is 0 Å². The van der Waals surface area contributed by atoms with Gasteiger partial charge in [-0.3, -0.25) is 14.7 Å². The third kappa shape index (κ3) is 5.82. The molecule has 0 spiro atoms. The van der Waals surface area contributed by atoms with Crippen LogP contribution in [0.2, 0.25) is 0 Å². The fourth-order valence-electron chi connectivity index (χ4n) is 3.44. The first kappa shape index (κ1) is 19.9. The second kappa shape index (κ2) is 9.90. The largest absolute Gasteiger partial charge is 0.352 e. The van der Waals surface area contributed by atoms with E-state index in [1.165, 1.54) is 12.5 Å². The van der Waals surface area contributed by atoms with Crippen molar-refractivity contribution in [3.05, 3.63) is 65.7 Å². The first-order valence-corrected chi connectivity index (χ1v) is 9.72. The highest BCUT2D eigenvalue weighted by Gasteiger charge is 2.19. The molecule has 0 radical (unpaired) electrons. The molecule has 1 heterocycles. The van der Waals surface area contributed by atoms with Gasteiger partial charge in [0.25, 0.3) is 0 Å². The van der Waals surface area contributed by atoms with Gasteiger partial charge in [-0.1, -0.05) is 42.5 Å². The molecule has 28 heavy (non-hydrogen) atoms. The lowest BCUT2D eigenvalue weighted by Gasteiger charge is -2.36. The van der Waals surface area contributed by atoms with E-state index in [0.29, 0.717) is 6.54 Å². The molecular formula is C22H29N5O. The maximum absolute atomic E-state index is 11.2. The predicted molar refractivity (Wildman–Crippen MR) is 114 cm³/mol.